The van der Waals surface area contributed by atoms with Crippen LogP contribution in [0.1, 0.15) is 12.8 Å². The monoisotopic (exact) mass is 461 g/mol. The highest BCUT2D eigenvalue weighted by molar-refractivity contribution is 7.89. The van der Waals surface area contributed by atoms with Crippen LogP contribution in [0.2, 0.25) is 0 Å². The Hall–Kier alpha value is -3.51. The van der Waals surface area contributed by atoms with Crippen LogP contribution in [0, 0.1) is 5.82 Å². The number of carbonyl (C=O) groups excluding carboxylic acids is 1. The fraction of sp³-hybridized carbons (Fsp3) is 0.250. The number of benzene rings is 2. The van der Waals surface area contributed by atoms with Crippen molar-refractivity contribution in [3.63, 3.8) is 0 Å². The largest absolute Gasteiger partial charge is 0.490 e. The standard InChI is InChI=1S/C20H20FN5O5S/c21-16-10-14(2-4-17(16)26-13-22-12-23-26)25-20(27)6-7-24-32(28,29)15-3-5-18-19(11-15)31-9-1-8-30-18/h2-5,10-13,24H,1,6-9H2,(H,25,27). The number of anilines is 1. The molecule has 2 aromatic carbocycles. The first kappa shape index (κ1) is 21.7. The zero-order chi connectivity index (χ0) is 22.6. The number of hydrogen-bond donors (Lipinski definition) is 2. The normalized spacial score (nSPS) is 13.4. The maximum absolute atomic E-state index is 14.3. The fourth-order valence-electron chi connectivity index (χ4n) is 3.02. The van der Waals surface area contributed by atoms with Gasteiger partial charge in [-0.05, 0) is 30.3 Å². The second kappa shape index (κ2) is 9.32. The van der Waals surface area contributed by atoms with Crippen LogP contribution in [0.3, 0.4) is 0 Å². The van der Waals surface area contributed by atoms with Gasteiger partial charge in [-0.3, -0.25) is 4.79 Å². The number of halogens is 1. The quantitative estimate of drug-likeness (QED) is 0.550. The van der Waals surface area contributed by atoms with Gasteiger partial charge in [0.1, 0.15) is 18.3 Å². The summed E-state index contributed by atoms with van der Waals surface area (Å²) in [7, 11) is -3.85. The molecule has 2 N–H and O–H groups in total. The van der Waals surface area contributed by atoms with Gasteiger partial charge in [0, 0.05) is 31.1 Å². The molecule has 0 radical (unpaired) electrons. The van der Waals surface area contributed by atoms with Crippen LogP contribution in [0.25, 0.3) is 5.69 Å². The topological polar surface area (TPSA) is 124 Å². The number of fused-ring (bicyclic) bond motifs is 1. The number of ether oxygens (including phenoxy) is 2. The Morgan fingerprint density at radius 3 is 2.69 bits per heavy atom. The summed E-state index contributed by atoms with van der Waals surface area (Å²) >= 11 is 0. The summed E-state index contributed by atoms with van der Waals surface area (Å²) in [5, 5.41) is 6.39. The van der Waals surface area contributed by atoms with Crippen molar-refractivity contribution in [2.75, 3.05) is 25.1 Å². The van der Waals surface area contributed by atoms with E-state index in [1.54, 1.807) is 6.07 Å². The molecular weight excluding hydrogens is 441 g/mol. The third kappa shape index (κ3) is 5.03. The van der Waals surface area contributed by atoms with E-state index in [1.807, 2.05) is 0 Å². The zero-order valence-electron chi connectivity index (χ0n) is 16.8. The number of aromatic nitrogens is 3. The van der Waals surface area contributed by atoms with E-state index in [9.17, 15) is 17.6 Å². The first-order valence-electron chi connectivity index (χ1n) is 9.76. The lowest BCUT2D eigenvalue weighted by molar-refractivity contribution is -0.116. The van der Waals surface area contributed by atoms with Crippen molar-refractivity contribution in [2.24, 2.45) is 0 Å². The molecule has 0 saturated heterocycles. The third-order valence-corrected chi connectivity index (χ3v) is 6.03. The maximum Gasteiger partial charge on any atom is 0.240 e. The molecule has 0 unspecified atom stereocenters. The third-order valence-electron chi connectivity index (χ3n) is 4.57. The van der Waals surface area contributed by atoms with E-state index in [-0.39, 0.29) is 29.2 Å². The van der Waals surface area contributed by atoms with E-state index in [0.717, 1.165) is 6.07 Å². The highest BCUT2D eigenvalue weighted by atomic mass is 32.2. The molecule has 0 atom stereocenters. The lowest BCUT2D eigenvalue weighted by atomic mass is 10.2. The molecule has 168 valence electrons. The first-order valence-corrected chi connectivity index (χ1v) is 11.2. The minimum absolute atomic E-state index is 0.00734. The molecule has 12 heteroatoms. The van der Waals surface area contributed by atoms with Crippen LogP contribution in [0.4, 0.5) is 10.1 Å². The van der Waals surface area contributed by atoms with Gasteiger partial charge in [0.2, 0.25) is 15.9 Å². The van der Waals surface area contributed by atoms with Gasteiger partial charge in [-0.15, -0.1) is 0 Å². The summed E-state index contributed by atoms with van der Waals surface area (Å²) in [6.07, 6.45) is 3.20. The maximum atomic E-state index is 14.3. The van der Waals surface area contributed by atoms with Crippen LogP contribution >= 0.6 is 0 Å². The van der Waals surface area contributed by atoms with Gasteiger partial charge in [-0.25, -0.2) is 27.2 Å². The Balaban J connectivity index is 1.32. The molecule has 1 aromatic heterocycles. The summed E-state index contributed by atoms with van der Waals surface area (Å²) in [5.74, 6) is -0.218. The predicted octanol–water partition coefficient (Wildman–Crippen LogP) is 1.87. The van der Waals surface area contributed by atoms with Crippen LogP contribution in [-0.2, 0) is 14.8 Å². The summed E-state index contributed by atoms with van der Waals surface area (Å²) in [5.41, 5.74) is 0.422. The van der Waals surface area contributed by atoms with Gasteiger partial charge in [-0.2, -0.15) is 5.10 Å². The van der Waals surface area contributed by atoms with Crippen molar-refractivity contribution in [2.45, 2.75) is 17.7 Å². The average molecular weight is 461 g/mol. The Labute approximate surface area is 183 Å². The second-order valence-corrected chi connectivity index (χ2v) is 8.63. The van der Waals surface area contributed by atoms with E-state index < -0.39 is 21.7 Å². The van der Waals surface area contributed by atoms with Crippen molar-refractivity contribution in [1.82, 2.24) is 19.5 Å². The van der Waals surface area contributed by atoms with Crippen molar-refractivity contribution in [3.05, 3.63) is 54.9 Å². The van der Waals surface area contributed by atoms with E-state index in [0.29, 0.717) is 31.1 Å². The van der Waals surface area contributed by atoms with Gasteiger partial charge in [0.05, 0.1) is 18.1 Å². The van der Waals surface area contributed by atoms with Crippen LogP contribution in [-0.4, -0.2) is 48.8 Å². The first-order chi connectivity index (χ1) is 15.4. The summed E-state index contributed by atoms with van der Waals surface area (Å²) in [6, 6.07) is 8.46. The molecule has 4 rings (SSSR count). The molecule has 0 saturated carbocycles. The second-order valence-electron chi connectivity index (χ2n) is 6.86. The summed E-state index contributed by atoms with van der Waals surface area (Å²) in [4.78, 5) is 15.9. The summed E-state index contributed by atoms with van der Waals surface area (Å²) < 4.78 is 54.0. The Morgan fingerprint density at radius 1 is 1.12 bits per heavy atom. The molecule has 1 aliphatic rings. The van der Waals surface area contributed by atoms with Gasteiger partial charge in [0.25, 0.3) is 0 Å². The number of carbonyl (C=O) groups is 1. The van der Waals surface area contributed by atoms with Crippen LogP contribution in [0.15, 0.2) is 53.9 Å². The molecule has 0 aliphatic carbocycles. The lowest BCUT2D eigenvalue weighted by Crippen LogP contribution is -2.28. The van der Waals surface area contributed by atoms with E-state index in [4.69, 9.17) is 9.47 Å². The predicted molar refractivity (Wildman–Crippen MR) is 112 cm³/mol. The van der Waals surface area contributed by atoms with E-state index in [1.165, 1.54) is 41.6 Å². The Kier molecular flexibility index (Phi) is 6.32. The lowest BCUT2D eigenvalue weighted by Gasteiger charge is -2.11. The Morgan fingerprint density at radius 2 is 1.94 bits per heavy atom. The molecule has 1 aliphatic heterocycles. The number of rotatable bonds is 7. The highest BCUT2D eigenvalue weighted by Gasteiger charge is 2.19. The van der Waals surface area contributed by atoms with E-state index >= 15 is 0 Å². The van der Waals surface area contributed by atoms with Gasteiger partial charge < -0.3 is 14.8 Å². The molecule has 0 spiro atoms. The number of hydrogen-bond acceptors (Lipinski definition) is 7. The molecule has 3 aromatic rings. The molecule has 0 fully saturated rings. The van der Waals surface area contributed by atoms with Crippen molar-refractivity contribution in [1.29, 1.82) is 0 Å². The smallest absolute Gasteiger partial charge is 0.240 e. The number of amides is 1. The molecule has 2 heterocycles. The van der Waals surface area contributed by atoms with Crippen molar-refractivity contribution >= 4 is 21.6 Å². The minimum atomic E-state index is -3.85. The Bertz CT molecular complexity index is 1220. The number of sulfonamides is 1. The van der Waals surface area contributed by atoms with Gasteiger partial charge in [-0.1, -0.05) is 0 Å². The van der Waals surface area contributed by atoms with Gasteiger partial charge in [0.15, 0.2) is 17.3 Å². The number of nitrogens with zero attached hydrogens (tertiary/aromatic N) is 3. The van der Waals surface area contributed by atoms with Crippen molar-refractivity contribution < 1.29 is 27.1 Å². The number of nitrogens with one attached hydrogen (secondary N) is 2. The summed E-state index contributed by atoms with van der Waals surface area (Å²) in [6.45, 7) is 0.798. The molecule has 10 nitrogen and oxygen atoms in total. The van der Waals surface area contributed by atoms with Gasteiger partial charge >= 0.3 is 0 Å². The highest BCUT2D eigenvalue weighted by Crippen LogP contribution is 2.31. The van der Waals surface area contributed by atoms with Crippen LogP contribution < -0.4 is 19.5 Å². The fourth-order valence-corrected chi connectivity index (χ4v) is 4.07. The zero-order valence-corrected chi connectivity index (χ0v) is 17.6. The SMILES string of the molecule is O=C(CCNS(=O)(=O)c1ccc2c(c1)OCCCO2)Nc1ccc(-n2cncn2)c(F)c1. The molecule has 1 amide bonds. The molecular formula is C20H20FN5O5S. The van der Waals surface area contributed by atoms with Crippen LogP contribution in [0.5, 0.6) is 11.5 Å². The minimum Gasteiger partial charge on any atom is -0.490 e. The van der Waals surface area contributed by atoms with E-state index in [2.05, 4.69) is 20.1 Å². The molecule has 0 bridgehead atoms. The molecule has 32 heavy (non-hydrogen) atoms. The average Bonchev–Trinajstić information content (AvgIpc) is 3.18. The van der Waals surface area contributed by atoms with Crippen molar-refractivity contribution in [3.8, 4) is 17.2 Å².